The number of hydrogen-bond acceptors (Lipinski definition) is 3. The van der Waals surface area contributed by atoms with Crippen LogP contribution in [0.3, 0.4) is 0 Å². The van der Waals surface area contributed by atoms with Crippen LogP contribution in [0.1, 0.15) is 17.0 Å². The maximum atomic E-state index is 13.1. The molecule has 0 fully saturated rings. The zero-order valence-corrected chi connectivity index (χ0v) is 18.8. The van der Waals surface area contributed by atoms with E-state index in [0.717, 1.165) is 38.5 Å². The molecule has 33 heavy (non-hydrogen) atoms. The maximum absolute atomic E-state index is 13.1. The zero-order valence-electron chi connectivity index (χ0n) is 18.0. The Kier molecular flexibility index (Phi) is 6.57. The molecule has 1 aromatic heterocycles. The summed E-state index contributed by atoms with van der Waals surface area (Å²) in [5.41, 5.74) is 3.09. The first-order valence-corrected chi connectivity index (χ1v) is 11.9. The second-order valence-electron chi connectivity index (χ2n) is 7.77. The number of nitrogens with one attached hydrogen (secondary N) is 2. The van der Waals surface area contributed by atoms with E-state index in [2.05, 4.69) is 10.3 Å². The highest BCUT2D eigenvalue weighted by atomic mass is 32.2. The molecule has 0 spiro atoms. The van der Waals surface area contributed by atoms with Gasteiger partial charge in [0.2, 0.25) is 15.9 Å². The third-order valence-electron chi connectivity index (χ3n) is 5.59. The van der Waals surface area contributed by atoms with Crippen LogP contribution in [0.4, 0.5) is 4.39 Å². The molecule has 6 nitrogen and oxygen atoms in total. The average molecular weight is 466 g/mol. The van der Waals surface area contributed by atoms with Gasteiger partial charge in [0.25, 0.3) is 0 Å². The standard InChI is InChI=1S/C25H24FN3O3S/c1-29(33(31,32)20-13-11-19(26)12-14-20)17-25(30)28-15-22(18-7-3-2-4-8-18)23-16-27-24-10-6-5-9-21(23)24/h2-14,16,22,27H,15,17H2,1H3,(H,28,30). The van der Waals surface area contributed by atoms with Crippen molar-refractivity contribution in [1.82, 2.24) is 14.6 Å². The first-order valence-electron chi connectivity index (χ1n) is 10.5. The van der Waals surface area contributed by atoms with E-state index in [1.54, 1.807) is 0 Å². The van der Waals surface area contributed by atoms with Crippen LogP contribution in [0.25, 0.3) is 10.9 Å². The Hall–Kier alpha value is -3.49. The Morgan fingerprint density at radius 2 is 1.67 bits per heavy atom. The fourth-order valence-corrected chi connectivity index (χ4v) is 4.95. The van der Waals surface area contributed by atoms with Gasteiger partial charge in [0.15, 0.2) is 0 Å². The Balaban J connectivity index is 1.50. The average Bonchev–Trinajstić information content (AvgIpc) is 3.24. The van der Waals surface area contributed by atoms with Crippen LogP contribution < -0.4 is 5.32 Å². The number of H-pyrrole nitrogens is 1. The van der Waals surface area contributed by atoms with Gasteiger partial charge in [0.05, 0.1) is 11.4 Å². The summed E-state index contributed by atoms with van der Waals surface area (Å²) in [5, 5.41) is 3.95. The molecular formula is C25H24FN3O3S. The topological polar surface area (TPSA) is 82.3 Å². The fraction of sp³-hybridized carbons (Fsp3) is 0.160. The lowest BCUT2D eigenvalue weighted by Crippen LogP contribution is -2.39. The summed E-state index contributed by atoms with van der Waals surface area (Å²) in [6, 6.07) is 22.3. The Labute approximate surface area is 192 Å². The molecule has 0 aliphatic rings. The third kappa shape index (κ3) is 4.97. The van der Waals surface area contributed by atoms with Crippen LogP contribution in [0.2, 0.25) is 0 Å². The number of aromatic nitrogens is 1. The number of hydrogen-bond donors (Lipinski definition) is 2. The summed E-state index contributed by atoms with van der Waals surface area (Å²) in [4.78, 5) is 15.9. The van der Waals surface area contributed by atoms with E-state index in [9.17, 15) is 17.6 Å². The van der Waals surface area contributed by atoms with Crippen LogP contribution >= 0.6 is 0 Å². The van der Waals surface area contributed by atoms with Gasteiger partial charge in [-0.25, -0.2) is 12.8 Å². The number of rotatable bonds is 8. The molecule has 0 aliphatic heterocycles. The lowest BCUT2D eigenvalue weighted by Gasteiger charge is -2.20. The highest BCUT2D eigenvalue weighted by Crippen LogP contribution is 2.30. The van der Waals surface area contributed by atoms with Crippen molar-refractivity contribution in [2.24, 2.45) is 0 Å². The molecule has 0 saturated heterocycles. The van der Waals surface area contributed by atoms with Crippen LogP contribution in [-0.4, -0.2) is 43.8 Å². The lowest BCUT2D eigenvalue weighted by atomic mass is 9.91. The van der Waals surface area contributed by atoms with E-state index < -0.39 is 21.7 Å². The second-order valence-corrected chi connectivity index (χ2v) is 9.82. The monoisotopic (exact) mass is 465 g/mol. The van der Waals surface area contributed by atoms with E-state index in [4.69, 9.17) is 0 Å². The molecule has 3 aromatic carbocycles. The van der Waals surface area contributed by atoms with Gasteiger partial charge in [-0.1, -0.05) is 48.5 Å². The molecule has 170 valence electrons. The fourth-order valence-electron chi connectivity index (χ4n) is 3.82. The van der Waals surface area contributed by atoms with Gasteiger partial charge in [-0.2, -0.15) is 4.31 Å². The number of para-hydroxylation sites is 1. The molecule has 8 heteroatoms. The van der Waals surface area contributed by atoms with Crippen molar-refractivity contribution in [3.8, 4) is 0 Å². The first kappa shape index (κ1) is 22.7. The molecule has 1 atom stereocenters. The minimum absolute atomic E-state index is 0.0693. The highest BCUT2D eigenvalue weighted by molar-refractivity contribution is 7.89. The molecule has 0 radical (unpaired) electrons. The van der Waals surface area contributed by atoms with Gasteiger partial charge >= 0.3 is 0 Å². The number of benzene rings is 3. The summed E-state index contributed by atoms with van der Waals surface area (Å²) in [7, 11) is -2.59. The number of sulfonamides is 1. The minimum atomic E-state index is -3.91. The van der Waals surface area contributed by atoms with Gasteiger partial charge in [0, 0.05) is 36.6 Å². The lowest BCUT2D eigenvalue weighted by molar-refractivity contribution is -0.121. The smallest absolute Gasteiger partial charge is 0.243 e. The third-order valence-corrected chi connectivity index (χ3v) is 7.41. The number of nitrogens with zero attached hydrogens (tertiary/aromatic N) is 1. The van der Waals surface area contributed by atoms with E-state index >= 15 is 0 Å². The van der Waals surface area contributed by atoms with Gasteiger partial charge in [-0.15, -0.1) is 0 Å². The molecule has 1 amide bonds. The van der Waals surface area contributed by atoms with Crippen molar-refractivity contribution in [1.29, 1.82) is 0 Å². The summed E-state index contributed by atoms with van der Waals surface area (Å²) < 4.78 is 39.5. The molecular weight excluding hydrogens is 441 g/mol. The largest absolute Gasteiger partial charge is 0.361 e. The van der Waals surface area contributed by atoms with Gasteiger partial charge in [0.1, 0.15) is 5.82 Å². The van der Waals surface area contributed by atoms with Gasteiger partial charge < -0.3 is 10.3 Å². The maximum Gasteiger partial charge on any atom is 0.243 e. The molecule has 0 aliphatic carbocycles. The van der Waals surface area contributed by atoms with Crippen LogP contribution in [-0.2, 0) is 14.8 Å². The molecule has 0 bridgehead atoms. The quantitative estimate of drug-likeness (QED) is 0.414. The molecule has 4 aromatic rings. The van der Waals surface area contributed by atoms with Crippen LogP contribution in [0, 0.1) is 5.82 Å². The van der Waals surface area contributed by atoms with Crippen molar-refractivity contribution in [3.63, 3.8) is 0 Å². The van der Waals surface area contributed by atoms with Crippen molar-refractivity contribution in [2.75, 3.05) is 20.1 Å². The molecule has 2 N–H and O–H groups in total. The number of halogens is 1. The molecule has 1 heterocycles. The van der Waals surface area contributed by atoms with Crippen molar-refractivity contribution >= 4 is 26.8 Å². The Morgan fingerprint density at radius 3 is 2.39 bits per heavy atom. The summed E-state index contributed by atoms with van der Waals surface area (Å²) >= 11 is 0. The van der Waals surface area contributed by atoms with Crippen LogP contribution in [0.5, 0.6) is 0 Å². The van der Waals surface area contributed by atoms with E-state index in [0.29, 0.717) is 6.54 Å². The Bertz CT molecular complexity index is 1350. The number of amides is 1. The summed E-state index contributed by atoms with van der Waals surface area (Å²) in [5.74, 6) is -1.08. The number of likely N-dealkylation sites (N-methyl/N-ethyl adjacent to an activating group) is 1. The van der Waals surface area contributed by atoms with Crippen LogP contribution in [0.15, 0.2) is 90.0 Å². The Morgan fingerprint density at radius 1 is 1.00 bits per heavy atom. The van der Waals surface area contributed by atoms with Gasteiger partial charge in [-0.3, -0.25) is 4.79 Å². The van der Waals surface area contributed by atoms with E-state index in [1.807, 2.05) is 60.8 Å². The number of carbonyl (C=O) groups is 1. The summed E-state index contributed by atoms with van der Waals surface area (Å²) in [6.45, 7) is -0.0514. The first-order chi connectivity index (χ1) is 15.9. The predicted octanol–water partition coefficient (Wildman–Crippen LogP) is 3.88. The SMILES string of the molecule is CN(CC(=O)NCC(c1ccccc1)c1c[nH]c2ccccc12)S(=O)(=O)c1ccc(F)cc1. The van der Waals surface area contributed by atoms with Crippen molar-refractivity contribution in [2.45, 2.75) is 10.8 Å². The number of aromatic amines is 1. The number of fused-ring (bicyclic) bond motifs is 1. The van der Waals surface area contributed by atoms with E-state index in [-0.39, 0.29) is 17.4 Å². The molecule has 0 saturated carbocycles. The van der Waals surface area contributed by atoms with E-state index in [1.165, 1.54) is 19.2 Å². The minimum Gasteiger partial charge on any atom is -0.361 e. The van der Waals surface area contributed by atoms with Crippen molar-refractivity contribution in [3.05, 3.63) is 102 Å². The summed E-state index contributed by atoms with van der Waals surface area (Å²) in [6.07, 6.45) is 1.94. The zero-order chi connectivity index (χ0) is 23.4. The number of carbonyl (C=O) groups excluding carboxylic acids is 1. The normalized spacial score (nSPS) is 12.7. The second kappa shape index (κ2) is 9.56. The highest BCUT2D eigenvalue weighted by Gasteiger charge is 2.24. The van der Waals surface area contributed by atoms with Gasteiger partial charge in [-0.05, 0) is 41.5 Å². The van der Waals surface area contributed by atoms with Crippen molar-refractivity contribution < 1.29 is 17.6 Å². The molecule has 4 rings (SSSR count). The predicted molar refractivity (Wildman–Crippen MR) is 126 cm³/mol. The molecule has 1 unspecified atom stereocenters.